The van der Waals surface area contributed by atoms with Crippen molar-refractivity contribution in [2.75, 3.05) is 40.9 Å². The van der Waals surface area contributed by atoms with E-state index in [9.17, 15) is 19.4 Å². The summed E-state index contributed by atoms with van der Waals surface area (Å²) in [7, 11) is 1.24. The van der Waals surface area contributed by atoms with Crippen LogP contribution in [0.3, 0.4) is 0 Å². The molecular formula is C43H85N2O6P. The molecule has 0 fully saturated rings. The van der Waals surface area contributed by atoms with Gasteiger partial charge in [-0.25, -0.2) is 0 Å². The molecule has 0 radical (unpaired) electrons. The van der Waals surface area contributed by atoms with Crippen LogP contribution in [0, 0.1) is 0 Å². The van der Waals surface area contributed by atoms with Crippen molar-refractivity contribution in [2.24, 2.45) is 0 Å². The van der Waals surface area contributed by atoms with Crippen molar-refractivity contribution in [1.82, 2.24) is 5.32 Å². The molecule has 0 spiro atoms. The van der Waals surface area contributed by atoms with Crippen LogP contribution >= 0.6 is 7.82 Å². The summed E-state index contributed by atoms with van der Waals surface area (Å²) in [5.74, 6) is -0.225. The average Bonchev–Trinajstić information content (AvgIpc) is 3.09. The largest absolute Gasteiger partial charge is 0.756 e. The SMILES string of the molecule is CCCCCCCCCCCCCCCCCCCCCC/C=C/CC/C=C/C(O)C(COP(=O)([O-])OCC[N+](C)(C)C)NC(=O)CCCCCC. The fraction of sp³-hybridized carbons (Fsp3) is 0.884. The molecular weight excluding hydrogens is 671 g/mol. The van der Waals surface area contributed by atoms with Crippen LogP contribution in [-0.4, -0.2) is 68.5 Å². The summed E-state index contributed by atoms with van der Waals surface area (Å²) in [5, 5.41) is 13.6. The molecule has 0 aliphatic rings. The Morgan fingerprint density at radius 3 is 1.56 bits per heavy atom. The zero-order chi connectivity index (χ0) is 38.6. The van der Waals surface area contributed by atoms with Crippen molar-refractivity contribution in [1.29, 1.82) is 0 Å². The fourth-order valence-corrected chi connectivity index (χ4v) is 6.89. The number of hydrogen-bond acceptors (Lipinski definition) is 6. The number of nitrogens with zero attached hydrogens (tertiary/aromatic N) is 1. The smallest absolute Gasteiger partial charge is 0.268 e. The Bertz CT molecular complexity index is 907. The van der Waals surface area contributed by atoms with E-state index in [0.29, 0.717) is 17.4 Å². The van der Waals surface area contributed by atoms with E-state index in [1.807, 2.05) is 27.2 Å². The predicted molar refractivity (Wildman–Crippen MR) is 219 cm³/mol. The lowest BCUT2D eigenvalue weighted by Gasteiger charge is -2.29. The van der Waals surface area contributed by atoms with Gasteiger partial charge in [0.05, 0.1) is 39.9 Å². The van der Waals surface area contributed by atoms with Gasteiger partial charge in [-0.3, -0.25) is 9.36 Å². The molecule has 52 heavy (non-hydrogen) atoms. The quantitative estimate of drug-likeness (QED) is 0.0280. The molecule has 0 aromatic carbocycles. The van der Waals surface area contributed by atoms with E-state index in [-0.39, 0.29) is 12.5 Å². The van der Waals surface area contributed by atoms with E-state index in [1.165, 1.54) is 128 Å². The lowest BCUT2D eigenvalue weighted by molar-refractivity contribution is -0.870. The number of likely N-dealkylation sites (N-methyl/N-ethyl adjacent to an activating group) is 1. The lowest BCUT2D eigenvalue weighted by Crippen LogP contribution is -2.45. The highest BCUT2D eigenvalue weighted by Gasteiger charge is 2.23. The van der Waals surface area contributed by atoms with Crippen molar-refractivity contribution in [2.45, 2.75) is 206 Å². The number of unbranched alkanes of at least 4 members (excludes halogenated alkanes) is 24. The van der Waals surface area contributed by atoms with Gasteiger partial charge in [0.25, 0.3) is 7.82 Å². The molecule has 0 aliphatic heterocycles. The summed E-state index contributed by atoms with van der Waals surface area (Å²) in [5.41, 5.74) is 0. The molecule has 8 nitrogen and oxygen atoms in total. The minimum absolute atomic E-state index is 0.00566. The Labute approximate surface area is 322 Å². The molecule has 0 aromatic heterocycles. The third-order valence-corrected chi connectivity index (χ3v) is 10.6. The summed E-state index contributed by atoms with van der Waals surface area (Å²) in [6.07, 6.45) is 41.7. The molecule has 0 bridgehead atoms. The molecule has 9 heteroatoms. The maximum atomic E-state index is 12.5. The van der Waals surface area contributed by atoms with Crippen LogP contribution < -0.4 is 10.2 Å². The van der Waals surface area contributed by atoms with Crippen LogP contribution in [0.4, 0.5) is 0 Å². The molecule has 0 aromatic rings. The van der Waals surface area contributed by atoms with Crippen LogP contribution in [0.5, 0.6) is 0 Å². The molecule has 0 rings (SSSR count). The van der Waals surface area contributed by atoms with Gasteiger partial charge in [-0.1, -0.05) is 179 Å². The lowest BCUT2D eigenvalue weighted by atomic mass is 10.0. The fourth-order valence-electron chi connectivity index (χ4n) is 6.17. The second kappa shape index (κ2) is 35.7. The van der Waals surface area contributed by atoms with E-state index in [0.717, 1.165) is 44.9 Å². The maximum absolute atomic E-state index is 12.5. The Morgan fingerprint density at radius 1 is 0.654 bits per heavy atom. The zero-order valence-corrected chi connectivity index (χ0v) is 35.7. The highest BCUT2D eigenvalue weighted by atomic mass is 31.2. The predicted octanol–water partition coefficient (Wildman–Crippen LogP) is 11.1. The van der Waals surface area contributed by atoms with Gasteiger partial charge in [0.2, 0.25) is 5.91 Å². The van der Waals surface area contributed by atoms with Gasteiger partial charge in [0.15, 0.2) is 0 Å². The first kappa shape index (κ1) is 51.0. The Kier molecular flexibility index (Phi) is 35.0. The van der Waals surface area contributed by atoms with Crippen LogP contribution in [0.2, 0.25) is 0 Å². The molecule has 0 heterocycles. The molecule has 2 N–H and O–H groups in total. The number of rotatable bonds is 39. The summed E-state index contributed by atoms with van der Waals surface area (Å²) in [6, 6.07) is -0.894. The monoisotopic (exact) mass is 757 g/mol. The van der Waals surface area contributed by atoms with E-state index in [1.54, 1.807) is 6.08 Å². The number of allylic oxidation sites excluding steroid dienone is 3. The first-order chi connectivity index (χ1) is 25.0. The number of carbonyl (C=O) groups excluding carboxylic acids is 1. The summed E-state index contributed by atoms with van der Waals surface area (Å²) >= 11 is 0. The maximum Gasteiger partial charge on any atom is 0.268 e. The van der Waals surface area contributed by atoms with Gasteiger partial charge in [-0.2, -0.15) is 0 Å². The topological polar surface area (TPSA) is 108 Å². The van der Waals surface area contributed by atoms with Gasteiger partial charge in [-0.15, -0.1) is 0 Å². The van der Waals surface area contributed by atoms with Crippen molar-refractivity contribution >= 4 is 13.7 Å². The number of nitrogens with one attached hydrogen (secondary N) is 1. The third-order valence-electron chi connectivity index (χ3n) is 9.66. The molecule has 308 valence electrons. The summed E-state index contributed by atoms with van der Waals surface area (Å²) < 4.78 is 22.9. The van der Waals surface area contributed by atoms with Crippen molar-refractivity contribution in [3.05, 3.63) is 24.3 Å². The number of phosphoric acid groups is 1. The van der Waals surface area contributed by atoms with Gasteiger partial charge in [-0.05, 0) is 32.1 Å². The van der Waals surface area contributed by atoms with Crippen LogP contribution in [0.15, 0.2) is 24.3 Å². The van der Waals surface area contributed by atoms with E-state index in [2.05, 4.69) is 31.3 Å². The first-order valence-electron chi connectivity index (χ1n) is 21.7. The van der Waals surface area contributed by atoms with Gasteiger partial charge in [0.1, 0.15) is 13.2 Å². The third kappa shape index (κ3) is 37.3. The number of aliphatic hydroxyl groups excluding tert-OH is 1. The second-order valence-corrected chi connectivity index (χ2v) is 17.5. The Balaban J connectivity index is 4.06. The highest BCUT2D eigenvalue weighted by molar-refractivity contribution is 7.45. The number of carbonyl (C=O) groups is 1. The normalized spacial score (nSPS) is 14.7. The van der Waals surface area contributed by atoms with Crippen LogP contribution in [-0.2, 0) is 18.4 Å². The first-order valence-corrected chi connectivity index (χ1v) is 23.2. The number of hydrogen-bond donors (Lipinski definition) is 2. The van der Waals surface area contributed by atoms with E-state index < -0.39 is 26.6 Å². The minimum atomic E-state index is -4.57. The van der Waals surface area contributed by atoms with E-state index in [4.69, 9.17) is 9.05 Å². The number of quaternary nitrogens is 1. The molecule has 0 saturated heterocycles. The average molecular weight is 757 g/mol. The molecule has 0 aliphatic carbocycles. The standard InChI is InChI=1S/C43H85N2O6P/c1-6-8-10-12-13-14-15-16-17-18-19-20-21-22-23-24-25-26-27-28-29-30-31-32-33-34-36-42(46)41(44-43(47)37-35-11-9-7-2)40-51-52(48,49)50-39-38-45(3,4)5/h30-31,34,36,41-42,46H,6-29,32-33,35,37-40H2,1-5H3,(H-,44,47,48,49)/b31-30+,36-34+. The van der Waals surface area contributed by atoms with Crippen molar-refractivity contribution < 1.29 is 32.9 Å². The number of phosphoric ester groups is 1. The van der Waals surface area contributed by atoms with Gasteiger partial charge < -0.3 is 28.8 Å². The van der Waals surface area contributed by atoms with Crippen LogP contribution in [0.25, 0.3) is 0 Å². The Hall–Kier alpha value is -1.02. The summed E-state index contributed by atoms with van der Waals surface area (Å²) in [4.78, 5) is 24.8. The van der Waals surface area contributed by atoms with Gasteiger partial charge in [0, 0.05) is 6.42 Å². The van der Waals surface area contributed by atoms with Crippen molar-refractivity contribution in [3.8, 4) is 0 Å². The highest BCUT2D eigenvalue weighted by Crippen LogP contribution is 2.38. The summed E-state index contributed by atoms with van der Waals surface area (Å²) in [6.45, 7) is 4.49. The second-order valence-electron chi connectivity index (χ2n) is 16.0. The number of amides is 1. The number of aliphatic hydroxyl groups is 1. The van der Waals surface area contributed by atoms with Crippen molar-refractivity contribution in [3.63, 3.8) is 0 Å². The molecule has 3 unspecified atom stereocenters. The molecule has 3 atom stereocenters. The minimum Gasteiger partial charge on any atom is -0.756 e. The molecule has 0 saturated carbocycles. The van der Waals surface area contributed by atoms with Crippen LogP contribution in [0.1, 0.15) is 194 Å². The van der Waals surface area contributed by atoms with E-state index >= 15 is 0 Å². The molecule has 1 amide bonds. The Morgan fingerprint density at radius 2 is 1.08 bits per heavy atom. The zero-order valence-electron chi connectivity index (χ0n) is 34.8. The van der Waals surface area contributed by atoms with Gasteiger partial charge >= 0.3 is 0 Å².